The maximum Gasteiger partial charge on any atom is 0.224 e. The fourth-order valence-electron chi connectivity index (χ4n) is 3.14. The molecule has 0 spiro atoms. The lowest BCUT2D eigenvalue weighted by Crippen LogP contribution is -2.28. The third-order valence-corrected chi connectivity index (χ3v) is 4.51. The van der Waals surface area contributed by atoms with Crippen LogP contribution < -0.4 is 5.32 Å². The summed E-state index contributed by atoms with van der Waals surface area (Å²) >= 11 is 0. The molecule has 2 heterocycles. The fraction of sp³-hybridized carbons (Fsp3) is 0.368. The van der Waals surface area contributed by atoms with E-state index < -0.39 is 5.60 Å². The van der Waals surface area contributed by atoms with E-state index >= 15 is 0 Å². The van der Waals surface area contributed by atoms with Gasteiger partial charge in [0.25, 0.3) is 0 Å². The molecule has 0 saturated carbocycles. The Hall–Kier alpha value is -2.20. The first-order chi connectivity index (χ1) is 11.1. The van der Waals surface area contributed by atoms with Crippen LogP contribution in [0.25, 0.3) is 0 Å². The highest BCUT2D eigenvalue weighted by Crippen LogP contribution is 2.36. The van der Waals surface area contributed by atoms with Gasteiger partial charge in [-0.2, -0.15) is 0 Å². The van der Waals surface area contributed by atoms with Crippen LogP contribution in [0.3, 0.4) is 0 Å². The van der Waals surface area contributed by atoms with Gasteiger partial charge < -0.3 is 10.4 Å². The van der Waals surface area contributed by atoms with Gasteiger partial charge in [0.05, 0.1) is 0 Å². The normalized spacial score (nSPS) is 16.3. The van der Waals surface area contributed by atoms with Crippen molar-refractivity contribution in [2.75, 3.05) is 5.32 Å². The first-order valence-electron chi connectivity index (χ1n) is 8.19. The van der Waals surface area contributed by atoms with Crippen molar-refractivity contribution in [3.63, 3.8) is 0 Å². The number of benzene rings is 1. The molecule has 4 nitrogen and oxygen atoms in total. The SMILES string of the molecule is CCCCC(O)(c1cccnc1)c1ccc2c(c1)CCC(=O)N2. The summed E-state index contributed by atoms with van der Waals surface area (Å²) in [5, 5.41) is 14.3. The number of aromatic nitrogens is 1. The summed E-state index contributed by atoms with van der Waals surface area (Å²) in [5.74, 6) is 0.0544. The number of fused-ring (bicyclic) bond motifs is 1. The van der Waals surface area contributed by atoms with Crippen LogP contribution in [0.4, 0.5) is 5.69 Å². The van der Waals surface area contributed by atoms with Gasteiger partial charge >= 0.3 is 0 Å². The summed E-state index contributed by atoms with van der Waals surface area (Å²) in [7, 11) is 0. The van der Waals surface area contributed by atoms with Gasteiger partial charge in [-0.1, -0.05) is 38.0 Å². The van der Waals surface area contributed by atoms with E-state index in [9.17, 15) is 9.90 Å². The number of nitrogens with one attached hydrogen (secondary N) is 1. The number of unbranched alkanes of at least 4 members (excludes halogenated alkanes) is 1. The van der Waals surface area contributed by atoms with Gasteiger partial charge in [-0.05, 0) is 36.1 Å². The van der Waals surface area contributed by atoms with E-state index in [-0.39, 0.29) is 5.91 Å². The highest BCUT2D eigenvalue weighted by atomic mass is 16.3. The number of nitrogens with zero attached hydrogens (tertiary/aromatic N) is 1. The summed E-state index contributed by atoms with van der Waals surface area (Å²) in [6, 6.07) is 9.61. The average molecular weight is 310 g/mol. The highest BCUT2D eigenvalue weighted by molar-refractivity contribution is 5.93. The minimum Gasteiger partial charge on any atom is -0.380 e. The number of rotatable bonds is 5. The minimum atomic E-state index is -1.04. The monoisotopic (exact) mass is 310 g/mol. The Bertz CT molecular complexity index is 700. The fourth-order valence-corrected chi connectivity index (χ4v) is 3.14. The smallest absolute Gasteiger partial charge is 0.224 e. The summed E-state index contributed by atoms with van der Waals surface area (Å²) in [6.45, 7) is 2.12. The second kappa shape index (κ2) is 6.50. The van der Waals surface area contributed by atoms with Crippen molar-refractivity contribution in [2.24, 2.45) is 0 Å². The van der Waals surface area contributed by atoms with Crippen molar-refractivity contribution >= 4 is 11.6 Å². The molecular weight excluding hydrogens is 288 g/mol. The number of hydrogen-bond acceptors (Lipinski definition) is 3. The Morgan fingerprint density at radius 1 is 1.26 bits per heavy atom. The summed E-state index contributed by atoms with van der Waals surface area (Å²) in [4.78, 5) is 15.7. The molecule has 2 N–H and O–H groups in total. The zero-order chi connectivity index (χ0) is 16.3. The molecule has 1 aliphatic heterocycles. The molecule has 2 aromatic rings. The summed E-state index contributed by atoms with van der Waals surface area (Å²) in [6.07, 6.45) is 7.26. The predicted molar refractivity (Wildman–Crippen MR) is 90.2 cm³/mol. The van der Waals surface area contributed by atoms with Crippen LogP contribution in [0.1, 0.15) is 49.3 Å². The van der Waals surface area contributed by atoms with Gasteiger partial charge in [0.15, 0.2) is 0 Å². The maximum absolute atomic E-state index is 11.5. The Balaban J connectivity index is 2.02. The first kappa shape index (κ1) is 15.7. The number of pyridine rings is 1. The van der Waals surface area contributed by atoms with Crippen LogP contribution in [-0.4, -0.2) is 16.0 Å². The van der Waals surface area contributed by atoms with E-state index in [1.165, 1.54) is 0 Å². The van der Waals surface area contributed by atoms with Crippen LogP contribution in [0, 0.1) is 0 Å². The van der Waals surface area contributed by atoms with Crippen LogP contribution in [0.5, 0.6) is 0 Å². The molecule has 120 valence electrons. The third-order valence-electron chi connectivity index (χ3n) is 4.51. The number of amides is 1. The van der Waals surface area contributed by atoms with E-state index in [1.54, 1.807) is 12.4 Å². The van der Waals surface area contributed by atoms with Crippen molar-refractivity contribution in [3.8, 4) is 0 Å². The molecule has 0 fully saturated rings. The Morgan fingerprint density at radius 2 is 2.13 bits per heavy atom. The van der Waals surface area contributed by atoms with E-state index in [0.717, 1.165) is 35.2 Å². The molecule has 4 heteroatoms. The number of hydrogen-bond donors (Lipinski definition) is 2. The van der Waals surface area contributed by atoms with Crippen LogP contribution >= 0.6 is 0 Å². The second-order valence-electron chi connectivity index (χ2n) is 6.13. The van der Waals surface area contributed by atoms with Crippen LogP contribution in [-0.2, 0) is 16.8 Å². The van der Waals surface area contributed by atoms with Crippen LogP contribution in [0.2, 0.25) is 0 Å². The Morgan fingerprint density at radius 3 is 2.87 bits per heavy atom. The molecule has 1 amide bonds. The summed E-state index contributed by atoms with van der Waals surface area (Å²) in [5.41, 5.74) is 2.58. The topological polar surface area (TPSA) is 62.2 Å². The lowest BCUT2D eigenvalue weighted by atomic mass is 9.81. The van der Waals surface area contributed by atoms with Crippen LogP contribution in [0.15, 0.2) is 42.7 Å². The van der Waals surface area contributed by atoms with E-state index in [0.29, 0.717) is 19.3 Å². The number of aliphatic hydroxyl groups is 1. The first-order valence-corrected chi connectivity index (χ1v) is 8.19. The minimum absolute atomic E-state index is 0.0544. The molecule has 1 atom stereocenters. The summed E-state index contributed by atoms with van der Waals surface area (Å²) < 4.78 is 0. The van der Waals surface area contributed by atoms with E-state index in [2.05, 4.69) is 17.2 Å². The molecule has 0 aliphatic carbocycles. The third kappa shape index (κ3) is 3.13. The molecule has 0 radical (unpaired) electrons. The highest BCUT2D eigenvalue weighted by Gasteiger charge is 2.32. The second-order valence-corrected chi connectivity index (χ2v) is 6.13. The lowest BCUT2D eigenvalue weighted by Gasteiger charge is -2.30. The zero-order valence-electron chi connectivity index (χ0n) is 13.4. The molecule has 0 saturated heterocycles. The molecule has 1 aromatic heterocycles. The zero-order valence-corrected chi connectivity index (χ0v) is 13.4. The molecule has 3 rings (SSSR count). The Kier molecular flexibility index (Phi) is 4.44. The largest absolute Gasteiger partial charge is 0.380 e. The number of aryl methyl sites for hydroxylation is 1. The molecular formula is C19H22N2O2. The van der Waals surface area contributed by atoms with Gasteiger partial charge in [0.2, 0.25) is 5.91 Å². The Labute approximate surface area is 136 Å². The van der Waals surface area contributed by atoms with Gasteiger partial charge in [-0.25, -0.2) is 0 Å². The average Bonchev–Trinajstić information content (AvgIpc) is 2.60. The van der Waals surface area contributed by atoms with Crippen molar-refractivity contribution < 1.29 is 9.90 Å². The van der Waals surface area contributed by atoms with Crippen molar-refractivity contribution in [2.45, 2.75) is 44.6 Å². The number of anilines is 1. The molecule has 1 aliphatic rings. The van der Waals surface area contributed by atoms with Gasteiger partial charge in [-0.15, -0.1) is 0 Å². The van der Waals surface area contributed by atoms with Gasteiger partial charge in [0, 0.05) is 30.1 Å². The number of carbonyl (C=O) groups excluding carboxylic acids is 1. The maximum atomic E-state index is 11.5. The van der Waals surface area contributed by atoms with Crippen molar-refractivity contribution in [1.82, 2.24) is 4.98 Å². The lowest BCUT2D eigenvalue weighted by molar-refractivity contribution is -0.116. The molecule has 0 bridgehead atoms. The van der Waals surface area contributed by atoms with Gasteiger partial charge in [0.1, 0.15) is 5.60 Å². The molecule has 1 aromatic carbocycles. The number of carbonyl (C=O) groups is 1. The van der Waals surface area contributed by atoms with Crippen molar-refractivity contribution in [1.29, 1.82) is 0 Å². The standard InChI is InChI=1S/C19H22N2O2/c1-2-3-10-19(23,16-5-4-11-20-13-16)15-7-8-17-14(12-15)6-9-18(22)21-17/h4-5,7-8,11-13,23H,2-3,6,9-10H2,1H3,(H,21,22). The molecule has 23 heavy (non-hydrogen) atoms. The molecule has 1 unspecified atom stereocenters. The van der Waals surface area contributed by atoms with Crippen molar-refractivity contribution in [3.05, 3.63) is 59.4 Å². The quantitative estimate of drug-likeness (QED) is 0.890. The van der Waals surface area contributed by atoms with E-state index in [4.69, 9.17) is 0 Å². The van der Waals surface area contributed by atoms with E-state index in [1.807, 2.05) is 30.3 Å². The van der Waals surface area contributed by atoms with Gasteiger partial charge in [-0.3, -0.25) is 9.78 Å². The predicted octanol–water partition coefficient (Wildman–Crippen LogP) is 3.39.